The van der Waals surface area contributed by atoms with Gasteiger partial charge in [0.1, 0.15) is 0 Å². The zero-order valence-electron chi connectivity index (χ0n) is 11.0. The molecule has 1 nitrogen and oxygen atoms in total. The SMILES string of the molecule is CC(C)CN(c1ccc(Cl)cc1CCl)C(C)C. The molecular formula is C14H21Cl2N. The second-order valence-corrected chi connectivity index (χ2v) is 5.75. The molecule has 3 heteroatoms. The van der Waals surface area contributed by atoms with E-state index in [2.05, 4.69) is 38.7 Å². The third kappa shape index (κ3) is 4.08. The van der Waals surface area contributed by atoms with Crippen LogP contribution in [0.15, 0.2) is 18.2 Å². The third-order valence-corrected chi connectivity index (χ3v) is 3.20. The van der Waals surface area contributed by atoms with E-state index in [0.29, 0.717) is 17.8 Å². The van der Waals surface area contributed by atoms with Crippen molar-refractivity contribution >= 4 is 28.9 Å². The van der Waals surface area contributed by atoms with Gasteiger partial charge in [-0.25, -0.2) is 0 Å². The van der Waals surface area contributed by atoms with Gasteiger partial charge in [-0.1, -0.05) is 25.4 Å². The first-order valence-corrected chi connectivity index (χ1v) is 6.98. The minimum atomic E-state index is 0.459. The van der Waals surface area contributed by atoms with Gasteiger partial charge in [0.05, 0.1) is 0 Å². The summed E-state index contributed by atoms with van der Waals surface area (Å²) >= 11 is 12.0. The molecule has 0 spiro atoms. The molecule has 1 aromatic carbocycles. The number of hydrogen-bond acceptors (Lipinski definition) is 1. The molecule has 17 heavy (non-hydrogen) atoms. The number of alkyl halides is 1. The van der Waals surface area contributed by atoms with Gasteiger partial charge in [0.2, 0.25) is 0 Å². The topological polar surface area (TPSA) is 3.24 Å². The standard InChI is InChI=1S/C14H21Cl2N/c1-10(2)9-17(11(3)4)14-6-5-13(16)7-12(14)8-15/h5-7,10-11H,8-9H2,1-4H3. The molecule has 0 N–H and O–H groups in total. The molecule has 0 amide bonds. The average molecular weight is 274 g/mol. The molecular weight excluding hydrogens is 253 g/mol. The lowest BCUT2D eigenvalue weighted by Crippen LogP contribution is -2.34. The van der Waals surface area contributed by atoms with Crippen molar-refractivity contribution < 1.29 is 0 Å². The first kappa shape index (κ1) is 14.7. The molecule has 0 aliphatic heterocycles. The van der Waals surface area contributed by atoms with E-state index in [9.17, 15) is 0 Å². The Hall–Kier alpha value is -0.400. The Balaban J connectivity index is 3.08. The summed E-state index contributed by atoms with van der Waals surface area (Å²) in [6, 6.07) is 6.42. The van der Waals surface area contributed by atoms with E-state index < -0.39 is 0 Å². The van der Waals surface area contributed by atoms with Gasteiger partial charge in [-0.15, -0.1) is 11.6 Å². The highest BCUT2D eigenvalue weighted by atomic mass is 35.5. The van der Waals surface area contributed by atoms with Gasteiger partial charge in [0.15, 0.2) is 0 Å². The molecule has 0 saturated carbocycles. The van der Waals surface area contributed by atoms with Gasteiger partial charge >= 0.3 is 0 Å². The predicted molar refractivity (Wildman–Crippen MR) is 78.3 cm³/mol. The van der Waals surface area contributed by atoms with Crippen LogP contribution in [0, 0.1) is 5.92 Å². The number of hydrogen-bond donors (Lipinski definition) is 0. The van der Waals surface area contributed by atoms with Crippen LogP contribution in [0.25, 0.3) is 0 Å². The lowest BCUT2D eigenvalue weighted by molar-refractivity contribution is 0.570. The molecule has 0 bridgehead atoms. The van der Waals surface area contributed by atoms with Crippen molar-refractivity contribution in [3.8, 4) is 0 Å². The number of rotatable bonds is 5. The largest absolute Gasteiger partial charge is 0.369 e. The molecule has 0 unspecified atom stereocenters. The van der Waals surface area contributed by atoms with Crippen LogP contribution in [0.2, 0.25) is 5.02 Å². The lowest BCUT2D eigenvalue weighted by Gasteiger charge is -2.32. The van der Waals surface area contributed by atoms with Gasteiger partial charge in [0.25, 0.3) is 0 Å². The van der Waals surface area contributed by atoms with Crippen molar-refractivity contribution in [3.05, 3.63) is 28.8 Å². The second-order valence-electron chi connectivity index (χ2n) is 5.05. The van der Waals surface area contributed by atoms with E-state index in [1.54, 1.807) is 0 Å². The summed E-state index contributed by atoms with van der Waals surface area (Å²) in [5, 5.41) is 0.748. The van der Waals surface area contributed by atoms with Crippen LogP contribution in [0.5, 0.6) is 0 Å². The molecule has 0 aliphatic rings. The van der Waals surface area contributed by atoms with Crippen molar-refractivity contribution in [2.24, 2.45) is 5.92 Å². The summed E-state index contributed by atoms with van der Waals surface area (Å²) < 4.78 is 0. The fourth-order valence-corrected chi connectivity index (χ4v) is 2.33. The highest BCUT2D eigenvalue weighted by molar-refractivity contribution is 6.30. The first-order valence-electron chi connectivity index (χ1n) is 6.06. The van der Waals surface area contributed by atoms with Crippen molar-refractivity contribution in [1.29, 1.82) is 0 Å². The number of benzene rings is 1. The Morgan fingerprint density at radius 3 is 2.29 bits per heavy atom. The van der Waals surface area contributed by atoms with Crippen molar-refractivity contribution in [2.45, 2.75) is 39.6 Å². The average Bonchev–Trinajstić information content (AvgIpc) is 2.25. The molecule has 0 aliphatic carbocycles. The molecule has 1 rings (SSSR count). The Bertz CT molecular complexity index is 361. The minimum Gasteiger partial charge on any atom is -0.369 e. The van der Waals surface area contributed by atoms with E-state index in [0.717, 1.165) is 17.1 Å². The summed E-state index contributed by atoms with van der Waals surface area (Å²) in [5.41, 5.74) is 2.31. The first-order chi connectivity index (χ1) is 7.95. The Labute approximate surface area is 115 Å². The van der Waals surface area contributed by atoms with Crippen LogP contribution in [0.3, 0.4) is 0 Å². The smallest absolute Gasteiger partial charge is 0.0495 e. The predicted octanol–water partition coefficient (Wildman–Crippen LogP) is 4.95. The lowest BCUT2D eigenvalue weighted by atomic mass is 10.1. The monoisotopic (exact) mass is 273 g/mol. The Morgan fingerprint density at radius 1 is 1.18 bits per heavy atom. The van der Waals surface area contributed by atoms with Gasteiger partial charge in [-0.05, 0) is 43.5 Å². The zero-order valence-corrected chi connectivity index (χ0v) is 12.5. The maximum absolute atomic E-state index is 6.01. The normalized spacial score (nSPS) is 11.3. The highest BCUT2D eigenvalue weighted by Gasteiger charge is 2.15. The van der Waals surface area contributed by atoms with Crippen molar-refractivity contribution in [3.63, 3.8) is 0 Å². The number of nitrogens with zero attached hydrogens (tertiary/aromatic N) is 1. The minimum absolute atomic E-state index is 0.459. The van der Waals surface area contributed by atoms with Crippen LogP contribution in [-0.2, 0) is 5.88 Å². The molecule has 0 fully saturated rings. The van der Waals surface area contributed by atoms with Gasteiger partial charge < -0.3 is 4.90 Å². The van der Waals surface area contributed by atoms with Gasteiger partial charge in [-0.2, -0.15) is 0 Å². The van der Waals surface area contributed by atoms with Gasteiger partial charge in [0, 0.05) is 29.2 Å². The van der Waals surface area contributed by atoms with E-state index in [-0.39, 0.29) is 0 Å². The fraction of sp³-hybridized carbons (Fsp3) is 0.571. The number of halogens is 2. The van der Waals surface area contributed by atoms with Gasteiger partial charge in [-0.3, -0.25) is 0 Å². The van der Waals surface area contributed by atoms with E-state index in [1.807, 2.05) is 12.1 Å². The second kappa shape index (κ2) is 6.51. The van der Waals surface area contributed by atoms with Crippen LogP contribution >= 0.6 is 23.2 Å². The fourth-order valence-electron chi connectivity index (χ4n) is 1.92. The molecule has 0 aromatic heterocycles. The van der Waals surface area contributed by atoms with E-state index in [1.165, 1.54) is 5.69 Å². The summed E-state index contributed by atoms with van der Waals surface area (Å²) in [6.45, 7) is 9.89. The molecule has 0 atom stereocenters. The van der Waals surface area contributed by atoms with E-state index in [4.69, 9.17) is 23.2 Å². The summed E-state index contributed by atoms with van der Waals surface area (Å²) in [6.07, 6.45) is 0. The highest BCUT2D eigenvalue weighted by Crippen LogP contribution is 2.28. The van der Waals surface area contributed by atoms with Crippen LogP contribution in [-0.4, -0.2) is 12.6 Å². The maximum Gasteiger partial charge on any atom is 0.0495 e. The van der Waals surface area contributed by atoms with Crippen molar-refractivity contribution in [1.82, 2.24) is 0 Å². The molecule has 0 heterocycles. The summed E-state index contributed by atoms with van der Waals surface area (Å²) in [5.74, 6) is 1.12. The maximum atomic E-state index is 6.01. The zero-order chi connectivity index (χ0) is 13.0. The Kier molecular flexibility index (Phi) is 5.61. The Morgan fingerprint density at radius 2 is 1.82 bits per heavy atom. The summed E-state index contributed by atoms with van der Waals surface area (Å²) in [4.78, 5) is 2.39. The van der Waals surface area contributed by atoms with Crippen LogP contribution in [0.4, 0.5) is 5.69 Å². The molecule has 0 saturated heterocycles. The summed E-state index contributed by atoms with van der Waals surface area (Å²) in [7, 11) is 0. The van der Waals surface area contributed by atoms with Crippen LogP contribution < -0.4 is 4.90 Å². The van der Waals surface area contributed by atoms with E-state index >= 15 is 0 Å². The van der Waals surface area contributed by atoms with Crippen molar-refractivity contribution in [2.75, 3.05) is 11.4 Å². The molecule has 1 aromatic rings. The molecule has 0 radical (unpaired) electrons. The molecule has 96 valence electrons. The third-order valence-electron chi connectivity index (χ3n) is 2.68. The van der Waals surface area contributed by atoms with Crippen LogP contribution in [0.1, 0.15) is 33.3 Å². The quantitative estimate of drug-likeness (QED) is 0.687. The number of anilines is 1.